The molecule has 1 aliphatic rings. The predicted octanol–water partition coefficient (Wildman–Crippen LogP) is 3.69. The zero-order valence-corrected chi connectivity index (χ0v) is 17.1. The van der Waals surface area contributed by atoms with Crippen LogP contribution in [-0.2, 0) is 11.2 Å². The first-order chi connectivity index (χ1) is 14.0. The zero-order valence-electron chi connectivity index (χ0n) is 17.1. The third-order valence-corrected chi connectivity index (χ3v) is 4.84. The van der Waals surface area contributed by atoms with Crippen LogP contribution in [0.5, 0.6) is 5.75 Å². The van der Waals surface area contributed by atoms with Gasteiger partial charge in [-0.05, 0) is 50.1 Å². The summed E-state index contributed by atoms with van der Waals surface area (Å²) in [7, 11) is 0. The van der Waals surface area contributed by atoms with Crippen LogP contribution in [0.2, 0.25) is 0 Å². The minimum atomic E-state index is -0.266. The molecule has 6 nitrogen and oxygen atoms in total. The van der Waals surface area contributed by atoms with Crippen molar-refractivity contribution >= 4 is 17.6 Å². The Morgan fingerprint density at radius 3 is 2.55 bits per heavy atom. The molecule has 1 atom stereocenters. The van der Waals surface area contributed by atoms with Crippen LogP contribution in [0.25, 0.3) is 0 Å². The van der Waals surface area contributed by atoms with Crippen molar-refractivity contribution in [3.05, 3.63) is 60.2 Å². The molecule has 0 radical (unpaired) electrons. The SMILES string of the molecule is CC(C)Oc1ccc(NC(=O)NC[C@@H]2CC(=O)N(CCc3ccccc3)C2)cc1. The highest BCUT2D eigenvalue weighted by Gasteiger charge is 2.29. The molecule has 29 heavy (non-hydrogen) atoms. The second-order valence-electron chi connectivity index (χ2n) is 7.67. The summed E-state index contributed by atoms with van der Waals surface area (Å²) in [5.74, 6) is 1.07. The van der Waals surface area contributed by atoms with Gasteiger partial charge in [-0.2, -0.15) is 0 Å². The average Bonchev–Trinajstić information content (AvgIpc) is 3.06. The molecule has 6 heteroatoms. The summed E-state index contributed by atoms with van der Waals surface area (Å²) in [5.41, 5.74) is 1.93. The second-order valence-corrected chi connectivity index (χ2v) is 7.67. The molecule has 0 aliphatic carbocycles. The number of anilines is 1. The molecule has 0 saturated carbocycles. The van der Waals surface area contributed by atoms with Crippen LogP contribution in [0.1, 0.15) is 25.8 Å². The summed E-state index contributed by atoms with van der Waals surface area (Å²) in [5, 5.41) is 5.69. The van der Waals surface area contributed by atoms with E-state index in [4.69, 9.17) is 4.74 Å². The molecule has 1 saturated heterocycles. The van der Waals surface area contributed by atoms with Crippen LogP contribution >= 0.6 is 0 Å². The molecule has 0 spiro atoms. The number of nitrogens with one attached hydrogen (secondary N) is 2. The normalized spacial score (nSPS) is 16.2. The number of nitrogens with zero attached hydrogens (tertiary/aromatic N) is 1. The van der Waals surface area contributed by atoms with Crippen molar-refractivity contribution < 1.29 is 14.3 Å². The van der Waals surface area contributed by atoms with Crippen LogP contribution < -0.4 is 15.4 Å². The molecule has 3 rings (SSSR count). The maximum Gasteiger partial charge on any atom is 0.319 e. The monoisotopic (exact) mass is 395 g/mol. The third-order valence-electron chi connectivity index (χ3n) is 4.84. The van der Waals surface area contributed by atoms with E-state index in [1.807, 2.05) is 61.2 Å². The van der Waals surface area contributed by atoms with Crippen molar-refractivity contribution in [2.24, 2.45) is 5.92 Å². The molecular formula is C23H29N3O3. The van der Waals surface area contributed by atoms with Gasteiger partial charge in [-0.3, -0.25) is 4.79 Å². The zero-order chi connectivity index (χ0) is 20.6. The molecular weight excluding hydrogens is 366 g/mol. The van der Waals surface area contributed by atoms with E-state index in [-0.39, 0.29) is 24.0 Å². The largest absolute Gasteiger partial charge is 0.491 e. The molecule has 2 aromatic rings. The molecule has 0 aromatic heterocycles. The Morgan fingerprint density at radius 2 is 1.86 bits per heavy atom. The number of rotatable bonds is 8. The highest BCUT2D eigenvalue weighted by molar-refractivity contribution is 5.89. The van der Waals surface area contributed by atoms with Crippen LogP contribution in [0.3, 0.4) is 0 Å². The topological polar surface area (TPSA) is 70.7 Å². The average molecular weight is 396 g/mol. The van der Waals surface area contributed by atoms with Gasteiger partial charge in [-0.25, -0.2) is 4.79 Å². The lowest BCUT2D eigenvalue weighted by Crippen LogP contribution is -2.34. The molecule has 0 unspecified atom stereocenters. The van der Waals surface area contributed by atoms with E-state index in [0.29, 0.717) is 25.2 Å². The van der Waals surface area contributed by atoms with Crippen molar-refractivity contribution in [2.75, 3.05) is 25.0 Å². The van der Waals surface area contributed by atoms with Gasteiger partial charge in [0.05, 0.1) is 6.10 Å². The molecule has 0 bridgehead atoms. The van der Waals surface area contributed by atoms with Gasteiger partial charge in [0.2, 0.25) is 5.91 Å². The first kappa shape index (κ1) is 20.7. The van der Waals surface area contributed by atoms with Crippen LogP contribution in [0.15, 0.2) is 54.6 Å². The molecule has 154 valence electrons. The molecule has 1 fully saturated rings. The Bertz CT molecular complexity index is 806. The molecule has 2 aromatic carbocycles. The Balaban J connectivity index is 1.39. The quantitative estimate of drug-likeness (QED) is 0.716. The standard InChI is InChI=1S/C23H29N3O3/c1-17(2)29-21-10-8-20(9-11-21)25-23(28)24-15-19-14-22(27)26(16-19)13-12-18-6-4-3-5-7-18/h3-11,17,19H,12-16H2,1-2H3,(H2,24,25,28)/t19-/m0/s1. The van der Waals surface area contributed by atoms with E-state index in [1.54, 1.807) is 0 Å². The van der Waals surface area contributed by atoms with E-state index in [1.165, 1.54) is 5.56 Å². The number of urea groups is 1. The van der Waals surface area contributed by atoms with Gasteiger partial charge >= 0.3 is 6.03 Å². The van der Waals surface area contributed by atoms with E-state index < -0.39 is 0 Å². The Kier molecular flexibility index (Phi) is 7.11. The summed E-state index contributed by atoms with van der Waals surface area (Å²) in [6.45, 7) is 5.82. The summed E-state index contributed by atoms with van der Waals surface area (Å²) < 4.78 is 5.59. The van der Waals surface area contributed by atoms with E-state index in [0.717, 1.165) is 18.7 Å². The summed E-state index contributed by atoms with van der Waals surface area (Å²) in [6.07, 6.45) is 1.44. The number of likely N-dealkylation sites (tertiary alicyclic amines) is 1. The van der Waals surface area contributed by atoms with Gasteiger partial charge in [0.1, 0.15) is 5.75 Å². The van der Waals surface area contributed by atoms with Gasteiger partial charge in [-0.1, -0.05) is 30.3 Å². The Morgan fingerprint density at radius 1 is 1.14 bits per heavy atom. The van der Waals surface area contributed by atoms with Gasteiger partial charge in [0.15, 0.2) is 0 Å². The lowest BCUT2D eigenvalue weighted by atomic mass is 10.1. The van der Waals surface area contributed by atoms with E-state index in [9.17, 15) is 9.59 Å². The first-order valence-corrected chi connectivity index (χ1v) is 10.1. The summed E-state index contributed by atoms with van der Waals surface area (Å²) in [6, 6.07) is 17.2. The number of hydrogen-bond acceptors (Lipinski definition) is 3. The molecule has 2 N–H and O–H groups in total. The van der Waals surface area contributed by atoms with Crippen molar-refractivity contribution in [1.82, 2.24) is 10.2 Å². The third kappa shape index (κ3) is 6.52. The fraction of sp³-hybridized carbons (Fsp3) is 0.391. The first-order valence-electron chi connectivity index (χ1n) is 10.1. The highest BCUT2D eigenvalue weighted by atomic mass is 16.5. The van der Waals surface area contributed by atoms with Gasteiger partial charge in [-0.15, -0.1) is 0 Å². The van der Waals surface area contributed by atoms with Crippen LogP contribution in [0.4, 0.5) is 10.5 Å². The number of carbonyl (C=O) groups is 2. The van der Waals surface area contributed by atoms with Crippen LogP contribution in [0, 0.1) is 5.92 Å². The number of benzene rings is 2. The van der Waals surface area contributed by atoms with E-state index >= 15 is 0 Å². The smallest absolute Gasteiger partial charge is 0.319 e. The van der Waals surface area contributed by atoms with Crippen molar-refractivity contribution in [3.8, 4) is 5.75 Å². The Labute approximate surface area is 172 Å². The van der Waals surface area contributed by atoms with Gasteiger partial charge < -0.3 is 20.3 Å². The van der Waals surface area contributed by atoms with Crippen molar-refractivity contribution in [3.63, 3.8) is 0 Å². The maximum atomic E-state index is 12.2. The van der Waals surface area contributed by atoms with Gasteiger partial charge in [0.25, 0.3) is 0 Å². The Hall–Kier alpha value is -3.02. The lowest BCUT2D eigenvalue weighted by molar-refractivity contribution is -0.127. The maximum absolute atomic E-state index is 12.2. The molecule has 1 heterocycles. The second kappa shape index (κ2) is 9.96. The summed E-state index contributed by atoms with van der Waals surface area (Å²) >= 11 is 0. The minimum Gasteiger partial charge on any atom is -0.491 e. The summed E-state index contributed by atoms with van der Waals surface area (Å²) in [4.78, 5) is 26.3. The molecule has 3 amide bonds. The molecule has 1 aliphatic heterocycles. The predicted molar refractivity (Wildman–Crippen MR) is 114 cm³/mol. The number of hydrogen-bond donors (Lipinski definition) is 2. The number of ether oxygens (including phenoxy) is 1. The van der Waals surface area contributed by atoms with Gasteiger partial charge in [0, 0.05) is 37.7 Å². The fourth-order valence-electron chi connectivity index (χ4n) is 3.42. The van der Waals surface area contributed by atoms with Crippen molar-refractivity contribution in [2.45, 2.75) is 32.8 Å². The number of carbonyl (C=O) groups excluding carboxylic acids is 2. The van der Waals surface area contributed by atoms with Crippen molar-refractivity contribution in [1.29, 1.82) is 0 Å². The van der Waals surface area contributed by atoms with E-state index in [2.05, 4.69) is 22.8 Å². The lowest BCUT2D eigenvalue weighted by Gasteiger charge is -2.17. The van der Waals surface area contributed by atoms with Crippen LogP contribution in [-0.4, -0.2) is 42.6 Å². The highest BCUT2D eigenvalue weighted by Crippen LogP contribution is 2.19. The number of amides is 3. The fourth-order valence-corrected chi connectivity index (χ4v) is 3.42. The minimum absolute atomic E-state index is 0.110.